The van der Waals surface area contributed by atoms with Gasteiger partial charge in [0.25, 0.3) is 0 Å². The van der Waals surface area contributed by atoms with Crippen LogP contribution in [0.15, 0.2) is 30.3 Å². The Morgan fingerprint density at radius 3 is 2.33 bits per heavy atom. The molecule has 0 fully saturated rings. The van der Waals surface area contributed by atoms with Gasteiger partial charge in [0.15, 0.2) is 0 Å². The van der Waals surface area contributed by atoms with Crippen LogP contribution in [-0.4, -0.2) is 6.54 Å². The molecule has 1 unspecified atom stereocenters. The summed E-state index contributed by atoms with van der Waals surface area (Å²) in [7, 11) is 0. The first kappa shape index (κ1) is 16.0. The molecule has 0 saturated carbocycles. The van der Waals surface area contributed by atoms with Crippen molar-refractivity contribution < 1.29 is 4.39 Å². The van der Waals surface area contributed by atoms with Crippen LogP contribution in [0.2, 0.25) is 5.02 Å². The normalized spacial score (nSPS) is 12.5. The molecule has 0 spiro atoms. The molecule has 1 nitrogen and oxygen atoms in total. The first-order chi connectivity index (χ1) is 9.93. The van der Waals surface area contributed by atoms with E-state index in [0.29, 0.717) is 0 Å². The SMILES string of the molecule is CCNC(c1cc(F)ccc1C)c1cc(C)c(Cl)cc1C. The molecule has 0 aliphatic carbocycles. The third kappa shape index (κ3) is 3.45. The van der Waals surface area contributed by atoms with Gasteiger partial charge in [0.2, 0.25) is 0 Å². The lowest BCUT2D eigenvalue weighted by Gasteiger charge is -2.23. The zero-order valence-electron chi connectivity index (χ0n) is 12.9. The van der Waals surface area contributed by atoms with Crippen LogP contribution >= 0.6 is 11.6 Å². The Bertz CT molecular complexity index is 652. The highest BCUT2D eigenvalue weighted by Crippen LogP contribution is 2.31. The van der Waals surface area contributed by atoms with Crippen LogP contribution in [0.5, 0.6) is 0 Å². The number of hydrogen-bond acceptors (Lipinski definition) is 1. The summed E-state index contributed by atoms with van der Waals surface area (Å²) in [5.41, 5.74) is 5.35. The molecule has 1 atom stereocenters. The molecular weight excluding hydrogens is 285 g/mol. The number of hydrogen-bond donors (Lipinski definition) is 1. The molecule has 0 amide bonds. The van der Waals surface area contributed by atoms with Gasteiger partial charge in [0, 0.05) is 5.02 Å². The molecular formula is C18H21ClFN. The molecule has 0 aliphatic heterocycles. The minimum absolute atomic E-state index is 0.0262. The molecule has 3 heteroatoms. The van der Waals surface area contributed by atoms with Gasteiger partial charge in [-0.25, -0.2) is 4.39 Å². The molecule has 0 saturated heterocycles. The second kappa shape index (κ2) is 6.59. The van der Waals surface area contributed by atoms with Crippen molar-refractivity contribution in [3.05, 3.63) is 69.0 Å². The maximum Gasteiger partial charge on any atom is 0.123 e. The Morgan fingerprint density at radius 1 is 1.00 bits per heavy atom. The lowest BCUT2D eigenvalue weighted by atomic mass is 9.91. The van der Waals surface area contributed by atoms with E-state index in [1.807, 2.05) is 32.9 Å². The number of rotatable bonds is 4. The smallest absolute Gasteiger partial charge is 0.123 e. The van der Waals surface area contributed by atoms with E-state index in [1.54, 1.807) is 6.07 Å². The average molecular weight is 306 g/mol. The van der Waals surface area contributed by atoms with Gasteiger partial charge >= 0.3 is 0 Å². The van der Waals surface area contributed by atoms with Crippen LogP contribution < -0.4 is 5.32 Å². The molecule has 1 N–H and O–H groups in total. The summed E-state index contributed by atoms with van der Waals surface area (Å²) in [6, 6.07) is 8.99. The fourth-order valence-electron chi connectivity index (χ4n) is 2.63. The highest BCUT2D eigenvalue weighted by Gasteiger charge is 2.18. The molecule has 0 aromatic heterocycles. The van der Waals surface area contributed by atoms with Crippen molar-refractivity contribution >= 4 is 11.6 Å². The quantitative estimate of drug-likeness (QED) is 0.828. The number of halogens is 2. The van der Waals surface area contributed by atoms with Gasteiger partial charge in [-0.05, 0) is 73.3 Å². The summed E-state index contributed by atoms with van der Waals surface area (Å²) >= 11 is 6.19. The van der Waals surface area contributed by atoms with Gasteiger partial charge < -0.3 is 5.32 Å². The van der Waals surface area contributed by atoms with E-state index < -0.39 is 0 Å². The standard InChI is InChI=1S/C18H21ClFN/c1-5-21-18(16-10-14(20)7-6-11(16)2)15-8-13(4)17(19)9-12(15)3/h6-10,18,21H,5H2,1-4H3. The molecule has 0 bridgehead atoms. The lowest BCUT2D eigenvalue weighted by Crippen LogP contribution is -2.24. The summed E-state index contributed by atoms with van der Waals surface area (Å²) in [6.07, 6.45) is 0. The maximum absolute atomic E-state index is 13.7. The largest absolute Gasteiger partial charge is 0.307 e. The summed E-state index contributed by atoms with van der Waals surface area (Å²) in [4.78, 5) is 0. The predicted octanol–water partition coefficient (Wildman–Crippen LogP) is 5.10. The zero-order valence-corrected chi connectivity index (χ0v) is 13.7. The van der Waals surface area contributed by atoms with Gasteiger partial charge in [-0.2, -0.15) is 0 Å². The van der Waals surface area contributed by atoms with E-state index in [4.69, 9.17) is 11.6 Å². The molecule has 0 heterocycles. The van der Waals surface area contributed by atoms with Crippen LogP contribution in [0.3, 0.4) is 0 Å². The van der Waals surface area contributed by atoms with Crippen LogP contribution in [0.25, 0.3) is 0 Å². The van der Waals surface area contributed by atoms with Crippen LogP contribution in [0.4, 0.5) is 4.39 Å². The number of nitrogens with one attached hydrogen (secondary N) is 1. The molecule has 2 rings (SSSR count). The maximum atomic E-state index is 13.7. The first-order valence-corrected chi connectivity index (χ1v) is 7.58. The molecule has 2 aromatic carbocycles. The van der Waals surface area contributed by atoms with Gasteiger partial charge in [0.05, 0.1) is 6.04 Å². The topological polar surface area (TPSA) is 12.0 Å². The summed E-state index contributed by atoms with van der Waals surface area (Å²) in [5, 5.41) is 4.23. The van der Waals surface area contributed by atoms with E-state index in [1.165, 1.54) is 6.07 Å². The van der Waals surface area contributed by atoms with Gasteiger partial charge in [-0.1, -0.05) is 30.7 Å². The molecule has 2 aromatic rings. The third-order valence-electron chi connectivity index (χ3n) is 3.82. The first-order valence-electron chi connectivity index (χ1n) is 7.20. The Labute approximate surface area is 131 Å². The predicted molar refractivity (Wildman–Crippen MR) is 87.6 cm³/mol. The minimum atomic E-state index is -0.207. The van der Waals surface area contributed by atoms with Crippen molar-refractivity contribution in [1.29, 1.82) is 0 Å². The Kier molecular flexibility index (Phi) is 5.02. The summed E-state index contributed by atoms with van der Waals surface area (Å²) in [5.74, 6) is -0.207. The highest BCUT2D eigenvalue weighted by atomic mass is 35.5. The zero-order chi connectivity index (χ0) is 15.6. The summed E-state index contributed by atoms with van der Waals surface area (Å²) < 4.78 is 13.7. The van der Waals surface area contributed by atoms with Crippen molar-refractivity contribution in [1.82, 2.24) is 5.32 Å². The van der Waals surface area contributed by atoms with E-state index in [-0.39, 0.29) is 11.9 Å². The van der Waals surface area contributed by atoms with Crippen LogP contribution in [-0.2, 0) is 0 Å². The Morgan fingerprint density at radius 2 is 1.67 bits per heavy atom. The van der Waals surface area contributed by atoms with Crippen molar-refractivity contribution in [3.63, 3.8) is 0 Å². The van der Waals surface area contributed by atoms with E-state index in [9.17, 15) is 4.39 Å². The summed E-state index contributed by atoms with van der Waals surface area (Å²) in [6.45, 7) is 8.91. The molecule has 112 valence electrons. The minimum Gasteiger partial charge on any atom is -0.307 e. The monoisotopic (exact) mass is 305 g/mol. The second-order valence-electron chi connectivity index (χ2n) is 5.45. The highest BCUT2D eigenvalue weighted by molar-refractivity contribution is 6.31. The van der Waals surface area contributed by atoms with Crippen LogP contribution in [0, 0.1) is 26.6 Å². The van der Waals surface area contributed by atoms with E-state index in [2.05, 4.69) is 18.3 Å². The van der Waals surface area contributed by atoms with Crippen molar-refractivity contribution in [2.75, 3.05) is 6.54 Å². The second-order valence-corrected chi connectivity index (χ2v) is 5.86. The van der Waals surface area contributed by atoms with E-state index >= 15 is 0 Å². The lowest BCUT2D eigenvalue weighted by molar-refractivity contribution is 0.599. The Hall–Kier alpha value is -1.38. The van der Waals surface area contributed by atoms with Crippen molar-refractivity contribution in [2.45, 2.75) is 33.7 Å². The van der Waals surface area contributed by atoms with Crippen molar-refractivity contribution in [3.8, 4) is 0 Å². The Balaban J connectivity index is 2.58. The molecule has 0 radical (unpaired) electrons. The fraction of sp³-hybridized carbons (Fsp3) is 0.333. The van der Waals surface area contributed by atoms with E-state index in [0.717, 1.165) is 39.4 Å². The fourth-order valence-corrected chi connectivity index (χ4v) is 2.85. The number of aryl methyl sites for hydroxylation is 3. The molecule has 0 aliphatic rings. The molecule has 21 heavy (non-hydrogen) atoms. The van der Waals surface area contributed by atoms with Crippen molar-refractivity contribution in [2.24, 2.45) is 0 Å². The number of benzene rings is 2. The van der Waals surface area contributed by atoms with Gasteiger partial charge in [-0.3, -0.25) is 0 Å². The van der Waals surface area contributed by atoms with Gasteiger partial charge in [-0.15, -0.1) is 0 Å². The van der Waals surface area contributed by atoms with Crippen LogP contribution in [0.1, 0.15) is 40.8 Å². The van der Waals surface area contributed by atoms with Gasteiger partial charge in [0.1, 0.15) is 5.82 Å². The average Bonchev–Trinajstić information content (AvgIpc) is 2.43. The third-order valence-corrected chi connectivity index (χ3v) is 4.23.